The van der Waals surface area contributed by atoms with E-state index >= 15 is 0 Å². The van der Waals surface area contributed by atoms with Crippen molar-refractivity contribution in [3.8, 4) is 0 Å². The molecule has 3 rings (SSSR count). The van der Waals surface area contributed by atoms with E-state index in [-0.39, 0.29) is 34.1 Å². The second kappa shape index (κ2) is 13.8. The molecule has 3 aromatic carbocycles. The van der Waals surface area contributed by atoms with Crippen molar-refractivity contribution in [3.63, 3.8) is 0 Å². The minimum absolute atomic E-state index is 0.0241. The van der Waals surface area contributed by atoms with Gasteiger partial charge in [0, 0.05) is 12.6 Å². The third kappa shape index (κ3) is 7.61. The maximum atomic E-state index is 14.0. The van der Waals surface area contributed by atoms with Gasteiger partial charge in [-0.3, -0.25) is 13.9 Å². The van der Waals surface area contributed by atoms with Gasteiger partial charge in [-0.25, -0.2) is 12.8 Å². The molecule has 0 aromatic heterocycles. The molecule has 7 nitrogen and oxygen atoms in total. The number of rotatable bonds is 12. The van der Waals surface area contributed by atoms with E-state index in [4.69, 9.17) is 11.6 Å². The van der Waals surface area contributed by atoms with E-state index in [0.29, 0.717) is 12.8 Å². The largest absolute Gasteiger partial charge is 0.352 e. The zero-order valence-corrected chi connectivity index (χ0v) is 24.7. The maximum absolute atomic E-state index is 14.0. The Morgan fingerprint density at radius 2 is 1.62 bits per heavy atom. The van der Waals surface area contributed by atoms with Crippen molar-refractivity contribution in [1.82, 2.24) is 10.2 Å². The van der Waals surface area contributed by atoms with E-state index in [9.17, 15) is 22.4 Å². The van der Waals surface area contributed by atoms with Crippen LogP contribution in [0.1, 0.15) is 44.7 Å². The highest BCUT2D eigenvalue weighted by Gasteiger charge is 2.34. The number of aryl methyl sites for hydroxylation is 1. The first-order chi connectivity index (χ1) is 19.0. The Morgan fingerprint density at radius 3 is 2.20 bits per heavy atom. The van der Waals surface area contributed by atoms with Crippen molar-refractivity contribution in [3.05, 3.63) is 94.8 Å². The van der Waals surface area contributed by atoms with Gasteiger partial charge in [0.05, 0.1) is 15.6 Å². The summed E-state index contributed by atoms with van der Waals surface area (Å²) in [5.74, 6) is -1.63. The molecule has 0 aliphatic rings. The highest BCUT2D eigenvalue weighted by Crippen LogP contribution is 2.28. The van der Waals surface area contributed by atoms with Crippen LogP contribution >= 0.6 is 11.6 Å². The molecule has 0 aliphatic carbocycles. The normalized spacial score (nSPS) is 12.8. The monoisotopic (exact) mass is 587 g/mol. The van der Waals surface area contributed by atoms with Gasteiger partial charge >= 0.3 is 0 Å². The Bertz CT molecular complexity index is 1420. The Balaban J connectivity index is 2.06. The van der Waals surface area contributed by atoms with E-state index in [1.165, 1.54) is 29.2 Å². The lowest BCUT2D eigenvalue weighted by molar-refractivity contribution is -0.140. The van der Waals surface area contributed by atoms with Gasteiger partial charge < -0.3 is 10.2 Å². The summed E-state index contributed by atoms with van der Waals surface area (Å²) in [4.78, 5) is 28.7. The van der Waals surface area contributed by atoms with E-state index in [1.54, 1.807) is 25.1 Å². The fourth-order valence-corrected chi connectivity index (χ4v) is 5.74. The summed E-state index contributed by atoms with van der Waals surface area (Å²) in [6, 6.07) is 17.7. The van der Waals surface area contributed by atoms with Crippen LogP contribution < -0.4 is 9.62 Å². The van der Waals surface area contributed by atoms with Crippen LogP contribution in [0.4, 0.5) is 10.1 Å². The summed E-state index contributed by atoms with van der Waals surface area (Å²) < 4.78 is 42.5. The molecule has 0 aliphatic heterocycles. The van der Waals surface area contributed by atoms with Crippen molar-refractivity contribution in [1.29, 1.82) is 0 Å². The average molecular weight is 588 g/mol. The number of carbonyl (C=O) groups is 2. The molecule has 3 aromatic rings. The summed E-state index contributed by atoms with van der Waals surface area (Å²) in [5.41, 5.74) is 1.85. The molecule has 2 unspecified atom stereocenters. The van der Waals surface area contributed by atoms with E-state index in [1.807, 2.05) is 45.0 Å². The number of amides is 2. The van der Waals surface area contributed by atoms with Crippen molar-refractivity contribution in [2.45, 2.75) is 64.1 Å². The SMILES string of the molecule is CCC(C)NC(=O)C(CC)N(Cc1ccc(C)cc1)C(=O)CN(c1ccc(F)c(Cl)c1)S(=O)(=O)c1ccccc1. The lowest BCUT2D eigenvalue weighted by atomic mass is 10.1. The number of carbonyl (C=O) groups excluding carboxylic acids is 2. The number of benzene rings is 3. The van der Waals surface area contributed by atoms with Crippen molar-refractivity contribution >= 4 is 39.1 Å². The molecule has 10 heteroatoms. The molecule has 0 bridgehead atoms. The molecular weight excluding hydrogens is 553 g/mol. The van der Waals surface area contributed by atoms with Crippen LogP contribution in [0, 0.1) is 12.7 Å². The van der Waals surface area contributed by atoms with Crippen LogP contribution in [0.3, 0.4) is 0 Å². The van der Waals surface area contributed by atoms with E-state index in [2.05, 4.69) is 5.32 Å². The minimum atomic E-state index is -4.26. The van der Waals surface area contributed by atoms with Gasteiger partial charge in [0.1, 0.15) is 18.4 Å². The van der Waals surface area contributed by atoms with Crippen LogP contribution in [0.5, 0.6) is 0 Å². The molecule has 0 saturated carbocycles. The zero-order chi connectivity index (χ0) is 29.4. The van der Waals surface area contributed by atoms with Gasteiger partial charge in [-0.05, 0) is 62.6 Å². The molecule has 2 atom stereocenters. The third-order valence-corrected chi connectivity index (χ3v) is 8.74. The molecule has 0 spiro atoms. The predicted octanol–water partition coefficient (Wildman–Crippen LogP) is 5.70. The van der Waals surface area contributed by atoms with Gasteiger partial charge in [-0.2, -0.15) is 0 Å². The summed E-state index contributed by atoms with van der Waals surface area (Å²) >= 11 is 6.01. The number of halogens is 2. The quantitative estimate of drug-likeness (QED) is 0.294. The molecule has 2 amide bonds. The summed E-state index contributed by atoms with van der Waals surface area (Å²) in [6.45, 7) is 7.04. The summed E-state index contributed by atoms with van der Waals surface area (Å²) in [7, 11) is -4.26. The van der Waals surface area contributed by atoms with Crippen LogP contribution in [-0.4, -0.2) is 43.8 Å². The van der Waals surface area contributed by atoms with Gasteiger partial charge in [0.25, 0.3) is 10.0 Å². The number of hydrogen-bond donors (Lipinski definition) is 1. The van der Waals surface area contributed by atoms with Crippen LogP contribution in [0.25, 0.3) is 0 Å². The molecule has 0 saturated heterocycles. The minimum Gasteiger partial charge on any atom is -0.352 e. The number of nitrogens with zero attached hydrogens (tertiary/aromatic N) is 2. The van der Waals surface area contributed by atoms with Crippen molar-refractivity contribution in [2.24, 2.45) is 0 Å². The Morgan fingerprint density at radius 1 is 0.975 bits per heavy atom. The third-order valence-electron chi connectivity index (χ3n) is 6.66. The maximum Gasteiger partial charge on any atom is 0.264 e. The Kier molecular flexibility index (Phi) is 10.7. The predicted molar refractivity (Wildman–Crippen MR) is 156 cm³/mol. The Labute approximate surface area is 241 Å². The lowest BCUT2D eigenvalue weighted by Gasteiger charge is -2.33. The topological polar surface area (TPSA) is 86.8 Å². The second-order valence-electron chi connectivity index (χ2n) is 9.67. The zero-order valence-electron chi connectivity index (χ0n) is 23.1. The van der Waals surface area contributed by atoms with Gasteiger partial charge in [-0.1, -0.05) is 73.5 Å². The van der Waals surface area contributed by atoms with Crippen LogP contribution in [-0.2, 0) is 26.2 Å². The molecular formula is C30H35ClFN3O4S. The molecule has 0 heterocycles. The molecule has 214 valence electrons. The molecule has 40 heavy (non-hydrogen) atoms. The molecule has 1 N–H and O–H groups in total. The number of nitrogens with one attached hydrogen (secondary N) is 1. The summed E-state index contributed by atoms with van der Waals surface area (Å²) in [6.07, 6.45) is 1.02. The van der Waals surface area contributed by atoms with Gasteiger partial charge in [0.15, 0.2) is 0 Å². The summed E-state index contributed by atoms with van der Waals surface area (Å²) in [5, 5.41) is 2.66. The van der Waals surface area contributed by atoms with Gasteiger partial charge in [0.2, 0.25) is 11.8 Å². The second-order valence-corrected chi connectivity index (χ2v) is 11.9. The van der Waals surface area contributed by atoms with E-state index in [0.717, 1.165) is 21.5 Å². The molecule has 0 fully saturated rings. The standard InChI is InChI=1S/C30H35ClFN3O4S/c1-5-22(4)33-30(37)28(6-2)34(19-23-14-12-21(3)13-15-23)29(36)20-35(24-16-17-27(32)26(31)18-24)40(38,39)25-10-8-7-9-11-25/h7-18,22,28H,5-6,19-20H2,1-4H3,(H,33,37). The smallest absolute Gasteiger partial charge is 0.264 e. The lowest BCUT2D eigenvalue weighted by Crippen LogP contribution is -2.53. The first kappa shape index (κ1) is 31.1. The van der Waals surface area contributed by atoms with Gasteiger partial charge in [-0.15, -0.1) is 0 Å². The number of hydrogen-bond acceptors (Lipinski definition) is 4. The molecule has 0 radical (unpaired) electrons. The Hall–Kier alpha value is -3.43. The number of sulfonamides is 1. The number of anilines is 1. The highest BCUT2D eigenvalue weighted by molar-refractivity contribution is 7.92. The average Bonchev–Trinajstić information content (AvgIpc) is 2.94. The fourth-order valence-electron chi connectivity index (χ4n) is 4.14. The highest BCUT2D eigenvalue weighted by atomic mass is 35.5. The van der Waals surface area contributed by atoms with Crippen molar-refractivity contribution in [2.75, 3.05) is 10.8 Å². The fraction of sp³-hybridized carbons (Fsp3) is 0.333. The first-order valence-corrected chi connectivity index (χ1v) is 15.0. The van der Waals surface area contributed by atoms with Crippen molar-refractivity contribution < 1.29 is 22.4 Å². The van der Waals surface area contributed by atoms with Crippen LogP contribution in [0.15, 0.2) is 77.7 Å². The van der Waals surface area contributed by atoms with Crippen LogP contribution in [0.2, 0.25) is 5.02 Å². The first-order valence-electron chi connectivity index (χ1n) is 13.2. The van der Waals surface area contributed by atoms with E-state index < -0.39 is 34.3 Å².